The molecular formula is C32H38BrN3O4S. The number of carbonyl (C=O) groups excluding carboxylic acids is 2. The molecule has 0 heterocycles. The molecule has 0 saturated heterocycles. The van der Waals surface area contributed by atoms with Crippen LogP contribution < -0.4 is 9.62 Å². The minimum atomic E-state index is -4.08. The molecule has 0 aromatic heterocycles. The number of rotatable bonds is 11. The molecule has 41 heavy (non-hydrogen) atoms. The molecule has 0 unspecified atom stereocenters. The van der Waals surface area contributed by atoms with Crippen LogP contribution in [0.15, 0.2) is 88.2 Å². The van der Waals surface area contributed by atoms with E-state index in [0.29, 0.717) is 5.69 Å². The summed E-state index contributed by atoms with van der Waals surface area (Å²) >= 11 is 3.44. The van der Waals surface area contributed by atoms with E-state index >= 15 is 0 Å². The topological polar surface area (TPSA) is 86.8 Å². The first kappa shape index (κ1) is 30.8. The van der Waals surface area contributed by atoms with E-state index in [1.807, 2.05) is 36.4 Å². The zero-order chi connectivity index (χ0) is 29.6. The van der Waals surface area contributed by atoms with Crippen molar-refractivity contribution in [1.82, 2.24) is 10.2 Å². The third-order valence-electron chi connectivity index (χ3n) is 7.59. The Balaban J connectivity index is 1.68. The third kappa shape index (κ3) is 7.77. The summed E-state index contributed by atoms with van der Waals surface area (Å²) in [6, 6.07) is 22.2. The summed E-state index contributed by atoms with van der Waals surface area (Å²) in [6.45, 7) is 5.55. The number of benzene rings is 3. The van der Waals surface area contributed by atoms with Crippen LogP contribution in [0.1, 0.15) is 63.5 Å². The number of hydrogen-bond acceptors (Lipinski definition) is 4. The normalized spacial score (nSPS) is 14.6. The number of carbonyl (C=O) groups is 2. The molecule has 3 aromatic rings. The smallest absolute Gasteiger partial charge is 0.264 e. The summed E-state index contributed by atoms with van der Waals surface area (Å²) in [7, 11) is -4.08. The predicted molar refractivity (Wildman–Crippen MR) is 166 cm³/mol. The first-order chi connectivity index (χ1) is 19.6. The van der Waals surface area contributed by atoms with Crippen LogP contribution in [0.2, 0.25) is 0 Å². The second-order valence-electron chi connectivity index (χ2n) is 10.9. The van der Waals surface area contributed by atoms with Gasteiger partial charge in [0.2, 0.25) is 11.8 Å². The van der Waals surface area contributed by atoms with Gasteiger partial charge in [0.15, 0.2) is 0 Å². The molecule has 218 valence electrons. The summed E-state index contributed by atoms with van der Waals surface area (Å²) in [5, 5.41) is 3.09. The van der Waals surface area contributed by atoms with Crippen molar-refractivity contribution in [1.29, 1.82) is 0 Å². The van der Waals surface area contributed by atoms with Gasteiger partial charge in [-0.05, 0) is 73.2 Å². The largest absolute Gasteiger partial charge is 0.352 e. The fourth-order valence-electron chi connectivity index (χ4n) is 5.03. The summed E-state index contributed by atoms with van der Waals surface area (Å²) in [6.07, 6.45) is 3.99. The number of sulfonamides is 1. The number of amides is 2. The minimum Gasteiger partial charge on any atom is -0.352 e. The van der Waals surface area contributed by atoms with Gasteiger partial charge in [-0.2, -0.15) is 0 Å². The zero-order valence-corrected chi connectivity index (χ0v) is 26.2. The molecule has 9 heteroatoms. The first-order valence-electron chi connectivity index (χ1n) is 14.1. The quantitative estimate of drug-likeness (QED) is 0.269. The van der Waals surface area contributed by atoms with Crippen LogP contribution in [-0.4, -0.2) is 43.8 Å². The van der Waals surface area contributed by atoms with Gasteiger partial charge in [0, 0.05) is 17.1 Å². The molecule has 0 radical (unpaired) electrons. The van der Waals surface area contributed by atoms with Gasteiger partial charge < -0.3 is 10.2 Å². The Morgan fingerprint density at radius 1 is 0.902 bits per heavy atom. The Kier molecular flexibility index (Phi) is 10.3. The molecule has 1 atom stereocenters. The van der Waals surface area contributed by atoms with Crippen molar-refractivity contribution in [2.75, 3.05) is 10.8 Å². The summed E-state index contributed by atoms with van der Waals surface area (Å²) < 4.78 is 29.9. The Morgan fingerprint density at radius 2 is 1.51 bits per heavy atom. The second-order valence-corrected chi connectivity index (χ2v) is 13.7. The number of hydrogen-bond donors (Lipinski definition) is 1. The number of halogens is 1. The molecule has 0 aliphatic heterocycles. The summed E-state index contributed by atoms with van der Waals surface area (Å²) in [4.78, 5) is 29.0. The van der Waals surface area contributed by atoms with E-state index in [9.17, 15) is 18.0 Å². The Hall–Kier alpha value is -3.17. The van der Waals surface area contributed by atoms with Crippen molar-refractivity contribution in [2.45, 2.75) is 75.9 Å². The van der Waals surface area contributed by atoms with Crippen LogP contribution >= 0.6 is 15.9 Å². The molecule has 0 spiro atoms. The van der Waals surface area contributed by atoms with E-state index in [0.717, 1.165) is 45.6 Å². The number of nitrogens with one attached hydrogen (secondary N) is 1. The highest BCUT2D eigenvalue weighted by atomic mass is 79.9. The van der Waals surface area contributed by atoms with E-state index in [-0.39, 0.29) is 29.3 Å². The highest BCUT2D eigenvalue weighted by molar-refractivity contribution is 9.10. The molecule has 1 saturated carbocycles. The van der Waals surface area contributed by atoms with E-state index in [1.54, 1.807) is 37.3 Å². The van der Waals surface area contributed by atoms with Crippen LogP contribution in [0.25, 0.3) is 0 Å². The lowest BCUT2D eigenvalue weighted by Gasteiger charge is -2.32. The van der Waals surface area contributed by atoms with Gasteiger partial charge in [-0.15, -0.1) is 0 Å². The van der Waals surface area contributed by atoms with Gasteiger partial charge in [-0.1, -0.05) is 85.1 Å². The van der Waals surface area contributed by atoms with Gasteiger partial charge in [0.25, 0.3) is 10.0 Å². The van der Waals surface area contributed by atoms with Crippen molar-refractivity contribution in [3.63, 3.8) is 0 Å². The van der Waals surface area contributed by atoms with Gasteiger partial charge >= 0.3 is 0 Å². The molecule has 7 nitrogen and oxygen atoms in total. The third-order valence-corrected chi connectivity index (χ3v) is 9.91. The molecule has 1 N–H and O–H groups in total. The second kappa shape index (κ2) is 13.7. The Morgan fingerprint density at radius 3 is 2.10 bits per heavy atom. The zero-order valence-electron chi connectivity index (χ0n) is 23.8. The Bertz CT molecular complexity index is 1420. The SMILES string of the molecule is CC(C)c1ccc(N(CC(=O)N(Cc2ccc(Br)cc2)[C@@H](C)C(=O)NC2CCCC2)S(=O)(=O)c2ccccc2)cc1. The molecule has 0 bridgehead atoms. The lowest BCUT2D eigenvalue weighted by molar-refractivity contribution is -0.139. The van der Waals surface area contributed by atoms with Gasteiger partial charge in [0.05, 0.1) is 10.6 Å². The maximum Gasteiger partial charge on any atom is 0.264 e. The Labute approximate surface area is 252 Å². The predicted octanol–water partition coefficient (Wildman–Crippen LogP) is 6.24. The molecule has 2 amide bonds. The average Bonchev–Trinajstić information content (AvgIpc) is 3.48. The highest BCUT2D eigenvalue weighted by Crippen LogP contribution is 2.27. The van der Waals surface area contributed by atoms with Crippen LogP contribution in [0.4, 0.5) is 5.69 Å². The lowest BCUT2D eigenvalue weighted by Crippen LogP contribution is -2.52. The summed E-state index contributed by atoms with van der Waals surface area (Å²) in [5.41, 5.74) is 2.28. The number of nitrogens with zero attached hydrogens (tertiary/aromatic N) is 2. The van der Waals surface area contributed by atoms with Crippen molar-refractivity contribution in [3.8, 4) is 0 Å². The average molecular weight is 641 g/mol. The van der Waals surface area contributed by atoms with Gasteiger partial charge in [0.1, 0.15) is 12.6 Å². The van der Waals surface area contributed by atoms with Crippen molar-refractivity contribution in [3.05, 3.63) is 94.5 Å². The fourth-order valence-corrected chi connectivity index (χ4v) is 6.73. The standard InChI is InChI=1S/C32H38BrN3O4S/c1-23(2)26-15-19-29(20-16-26)36(41(39,40)30-11-5-4-6-12-30)22-31(37)35(21-25-13-17-27(33)18-14-25)24(3)32(38)34-28-9-7-8-10-28/h4-6,11-20,23-24,28H,7-10,21-22H2,1-3H3,(H,34,38)/t24-/m0/s1. The van der Waals surface area contributed by atoms with Gasteiger partial charge in [-0.3, -0.25) is 13.9 Å². The van der Waals surface area contributed by atoms with Crippen LogP contribution in [0, 0.1) is 0 Å². The molecular weight excluding hydrogens is 602 g/mol. The molecule has 1 aliphatic rings. The van der Waals surface area contributed by atoms with E-state index in [4.69, 9.17) is 0 Å². The summed E-state index contributed by atoms with van der Waals surface area (Å²) in [5.74, 6) is -0.430. The van der Waals surface area contributed by atoms with E-state index < -0.39 is 28.5 Å². The highest BCUT2D eigenvalue weighted by Gasteiger charge is 2.33. The monoisotopic (exact) mass is 639 g/mol. The van der Waals surface area contributed by atoms with E-state index in [2.05, 4.69) is 35.1 Å². The minimum absolute atomic E-state index is 0.0900. The van der Waals surface area contributed by atoms with Crippen LogP contribution in [-0.2, 0) is 26.2 Å². The lowest BCUT2D eigenvalue weighted by atomic mass is 10.0. The number of anilines is 1. The van der Waals surface area contributed by atoms with Crippen molar-refractivity contribution < 1.29 is 18.0 Å². The van der Waals surface area contributed by atoms with E-state index in [1.165, 1.54) is 17.0 Å². The van der Waals surface area contributed by atoms with Gasteiger partial charge in [-0.25, -0.2) is 8.42 Å². The van der Waals surface area contributed by atoms with Crippen molar-refractivity contribution >= 4 is 43.5 Å². The molecule has 1 fully saturated rings. The first-order valence-corrected chi connectivity index (χ1v) is 16.3. The van der Waals surface area contributed by atoms with Crippen LogP contribution in [0.3, 0.4) is 0 Å². The molecule has 4 rings (SSSR count). The maximum atomic E-state index is 14.1. The fraction of sp³-hybridized carbons (Fsp3) is 0.375. The van der Waals surface area contributed by atoms with Crippen LogP contribution in [0.5, 0.6) is 0 Å². The molecule has 3 aromatic carbocycles. The molecule has 1 aliphatic carbocycles. The maximum absolute atomic E-state index is 14.1. The van der Waals surface area contributed by atoms with Crippen molar-refractivity contribution in [2.24, 2.45) is 0 Å².